The van der Waals surface area contributed by atoms with Crippen LogP contribution in [0.1, 0.15) is 27.0 Å². The number of fused-ring (bicyclic) bond motifs is 4. The maximum absolute atomic E-state index is 14.6. The van der Waals surface area contributed by atoms with E-state index in [0.29, 0.717) is 28.5 Å². The molecule has 0 fully saturated rings. The van der Waals surface area contributed by atoms with Gasteiger partial charge in [0.15, 0.2) is 17.4 Å². The quantitative estimate of drug-likeness (QED) is 0.261. The number of phenolic OH excluding ortho intramolecular Hbond substituents is 1. The smallest absolute Gasteiger partial charge is 0.198 e. The predicted molar refractivity (Wildman–Crippen MR) is 102 cm³/mol. The molecule has 3 aromatic rings. The van der Waals surface area contributed by atoms with Gasteiger partial charge in [0.2, 0.25) is 0 Å². The average molecular weight is 402 g/mol. The van der Waals surface area contributed by atoms with E-state index in [2.05, 4.69) is 4.98 Å². The summed E-state index contributed by atoms with van der Waals surface area (Å²) < 4.78 is 43.0. The second kappa shape index (κ2) is 6.16. The van der Waals surface area contributed by atoms with Crippen molar-refractivity contribution in [2.45, 2.75) is 0 Å². The molecule has 1 N–H and O–H groups in total. The van der Waals surface area contributed by atoms with Crippen LogP contribution in [0.4, 0.5) is 13.2 Å². The lowest BCUT2D eigenvalue weighted by molar-refractivity contribution is 0.103. The molecule has 0 saturated carbocycles. The van der Waals surface area contributed by atoms with Crippen molar-refractivity contribution in [3.8, 4) is 23.1 Å². The van der Waals surface area contributed by atoms with Crippen molar-refractivity contribution in [1.29, 1.82) is 5.26 Å². The molecule has 0 saturated heterocycles. The van der Waals surface area contributed by atoms with Gasteiger partial charge in [0.05, 0.1) is 22.9 Å². The van der Waals surface area contributed by atoms with Crippen molar-refractivity contribution < 1.29 is 23.1 Å². The average Bonchev–Trinajstić information content (AvgIpc) is 3.20. The van der Waals surface area contributed by atoms with Crippen LogP contribution in [0.2, 0.25) is 0 Å². The molecule has 30 heavy (non-hydrogen) atoms. The van der Waals surface area contributed by atoms with E-state index in [1.54, 1.807) is 30.3 Å². The number of carbonyl (C=O) groups is 1. The maximum atomic E-state index is 14.6. The lowest BCUT2D eigenvalue weighted by Gasteiger charge is -2.09. The predicted octanol–water partition coefficient (Wildman–Crippen LogP) is 4.79. The van der Waals surface area contributed by atoms with Gasteiger partial charge in [-0.2, -0.15) is 5.26 Å². The minimum absolute atomic E-state index is 0.0831. The van der Waals surface area contributed by atoms with Crippen molar-refractivity contribution in [3.05, 3.63) is 93.9 Å². The molecule has 1 heterocycles. The third-order valence-corrected chi connectivity index (χ3v) is 5.25. The van der Waals surface area contributed by atoms with Gasteiger partial charge < -0.3 is 5.11 Å². The summed E-state index contributed by atoms with van der Waals surface area (Å²) in [5.41, 5.74) is 0.398. The summed E-state index contributed by atoms with van der Waals surface area (Å²) in [6.07, 6.45) is 2.44. The Bertz CT molecular complexity index is 1410. The maximum Gasteiger partial charge on any atom is 0.198 e. The first kappa shape index (κ1) is 17.9. The summed E-state index contributed by atoms with van der Waals surface area (Å²) in [7, 11) is 0. The van der Waals surface area contributed by atoms with E-state index in [1.807, 2.05) is 0 Å². The van der Waals surface area contributed by atoms with Crippen molar-refractivity contribution in [3.63, 3.8) is 0 Å². The fourth-order valence-corrected chi connectivity index (χ4v) is 4.12. The molecule has 0 unspecified atom stereocenters. The Hall–Kier alpha value is -4.18. The number of aromatic hydroxyl groups is 1. The van der Waals surface area contributed by atoms with Crippen LogP contribution in [-0.4, -0.2) is 15.9 Å². The van der Waals surface area contributed by atoms with Crippen molar-refractivity contribution in [2.75, 3.05) is 0 Å². The number of carbonyl (C=O) groups excluding carboxylic acids is 1. The molecule has 0 atom stereocenters. The summed E-state index contributed by atoms with van der Waals surface area (Å²) in [6, 6.07) is 10.0. The van der Waals surface area contributed by atoms with Gasteiger partial charge in [-0.05, 0) is 17.7 Å². The van der Waals surface area contributed by atoms with E-state index in [4.69, 9.17) is 0 Å². The summed E-state index contributed by atoms with van der Waals surface area (Å²) >= 11 is 0. The number of aromatic nitrogens is 1. The van der Waals surface area contributed by atoms with Crippen LogP contribution in [0.25, 0.3) is 22.4 Å². The van der Waals surface area contributed by atoms with Gasteiger partial charge >= 0.3 is 0 Å². The molecule has 0 radical (unpaired) electrons. The Morgan fingerprint density at radius 2 is 1.73 bits per heavy atom. The van der Waals surface area contributed by atoms with Gasteiger partial charge in [0, 0.05) is 46.2 Å². The number of hydrogen-bond acceptors (Lipinski definition) is 4. The summed E-state index contributed by atoms with van der Waals surface area (Å²) in [5, 5.41) is 19.6. The number of benzene rings is 2. The lowest BCUT2D eigenvalue weighted by atomic mass is 9.93. The topological polar surface area (TPSA) is 74.0 Å². The second-order valence-corrected chi connectivity index (χ2v) is 6.77. The monoisotopic (exact) mass is 402 g/mol. The third kappa shape index (κ3) is 2.16. The Labute approximate surface area is 167 Å². The van der Waals surface area contributed by atoms with E-state index in [0.717, 1.165) is 6.08 Å². The van der Waals surface area contributed by atoms with Crippen LogP contribution in [-0.2, 0) is 0 Å². The number of Topliss-reactive ketones (excluding diaryl/α,β-unsaturated/α-hetero) is 1. The van der Waals surface area contributed by atoms with E-state index >= 15 is 0 Å². The van der Waals surface area contributed by atoms with Crippen molar-refractivity contribution >= 4 is 16.9 Å². The largest absolute Gasteiger partial charge is 0.507 e. The fourth-order valence-electron chi connectivity index (χ4n) is 4.12. The van der Waals surface area contributed by atoms with Crippen LogP contribution < -0.4 is 0 Å². The van der Waals surface area contributed by atoms with Gasteiger partial charge in [0.25, 0.3) is 0 Å². The van der Waals surface area contributed by atoms with Crippen molar-refractivity contribution in [2.24, 2.45) is 0 Å². The Morgan fingerprint density at radius 3 is 2.50 bits per heavy atom. The molecule has 0 bridgehead atoms. The molecule has 2 aromatic carbocycles. The summed E-state index contributed by atoms with van der Waals surface area (Å²) in [4.78, 5) is 17.5. The minimum atomic E-state index is -1.49. The SMILES string of the molecule is N#CC=C1/C(=C2/c3cccnc3-c3c(O)cccc32)C(=O)c2c(F)c(F)cc(F)c21. The molecule has 0 aliphatic heterocycles. The molecule has 144 valence electrons. The molecular formula is C23H9F3N2O2. The number of allylic oxidation sites excluding steroid dienone is 3. The molecule has 2 aliphatic rings. The molecule has 1 aromatic heterocycles. The van der Waals surface area contributed by atoms with E-state index in [9.17, 15) is 28.3 Å². The lowest BCUT2D eigenvalue weighted by Crippen LogP contribution is -2.04. The van der Waals surface area contributed by atoms with Gasteiger partial charge in [0.1, 0.15) is 11.6 Å². The van der Waals surface area contributed by atoms with Crippen LogP contribution >= 0.6 is 0 Å². The zero-order valence-electron chi connectivity index (χ0n) is 15.0. The zero-order chi connectivity index (χ0) is 21.2. The summed E-state index contributed by atoms with van der Waals surface area (Å²) in [6.45, 7) is 0. The molecule has 4 nitrogen and oxygen atoms in total. The molecule has 7 heteroatoms. The first-order chi connectivity index (χ1) is 14.5. The Kier molecular flexibility index (Phi) is 3.67. The fraction of sp³-hybridized carbons (Fsp3) is 0. The number of nitriles is 1. The van der Waals surface area contributed by atoms with Crippen LogP contribution in [0.3, 0.4) is 0 Å². The van der Waals surface area contributed by atoms with E-state index < -0.39 is 34.4 Å². The number of pyridine rings is 1. The highest BCUT2D eigenvalue weighted by atomic mass is 19.2. The van der Waals surface area contributed by atoms with Gasteiger partial charge in [-0.1, -0.05) is 18.2 Å². The highest BCUT2D eigenvalue weighted by Crippen LogP contribution is 2.52. The summed E-state index contributed by atoms with van der Waals surface area (Å²) in [5.74, 6) is -5.14. The van der Waals surface area contributed by atoms with E-state index in [-0.39, 0.29) is 22.5 Å². The first-order valence-electron chi connectivity index (χ1n) is 8.80. The minimum Gasteiger partial charge on any atom is -0.507 e. The molecule has 5 rings (SSSR count). The Balaban J connectivity index is 1.96. The highest BCUT2D eigenvalue weighted by molar-refractivity contribution is 6.33. The first-order valence-corrected chi connectivity index (χ1v) is 8.80. The van der Waals surface area contributed by atoms with Gasteiger partial charge in [-0.3, -0.25) is 9.78 Å². The molecule has 0 spiro atoms. The second-order valence-electron chi connectivity index (χ2n) is 6.77. The molecular weight excluding hydrogens is 393 g/mol. The molecule has 0 amide bonds. The number of halogens is 3. The number of hydrogen-bond donors (Lipinski definition) is 1. The van der Waals surface area contributed by atoms with Gasteiger partial charge in [-0.15, -0.1) is 0 Å². The van der Waals surface area contributed by atoms with Gasteiger partial charge in [-0.25, -0.2) is 13.2 Å². The van der Waals surface area contributed by atoms with Crippen molar-refractivity contribution in [1.82, 2.24) is 4.98 Å². The number of phenols is 1. The van der Waals surface area contributed by atoms with Crippen LogP contribution in [0.5, 0.6) is 5.75 Å². The Morgan fingerprint density at radius 1 is 0.967 bits per heavy atom. The third-order valence-electron chi connectivity index (χ3n) is 5.25. The normalized spacial score (nSPS) is 17.7. The van der Waals surface area contributed by atoms with E-state index in [1.165, 1.54) is 12.3 Å². The zero-order valence-corrected chi connectivity index (χ0v) is 15.0. The number of ketones is 1. The molecule has 2 aliphatic carbocycles. The highest BCUT2D eigenvalue weighted by Gasteiger charge is 2.41. The number of rotatable bonds is 0. The van der Waals surface area contributed by atoms with Crippen LogP contribution in [0, 0.1) is 28.8 Å². The standard InChI is InChI=1S/C23H9F3N2O2/c24-13-9-14(25)21(26)20-17(13)11(6-7-27)19(23(20)30)16-10-3-1-5-15(29)18(10)22-12(16)4-2-8-28-22/h1-6,8-9,29H/b11-6?,19-16-. The number of nitrogens with zero attached hydrogens (tertiary/aromatic N) is 2. The van der Waals surface area contributed by atoms with Crippen LogP contribution in [0.15, 0.2) is 54.2 Å².